The maximum absolute atomic E-state index is 12.0. The Labute approximate surface area is 120 Å². The van der Waals surface area contributed by atoms with E-state index in [4.69, 9.17) is 9.47 Å². The van der Waals surface area contributed by atoms with Gasteiger partial charge in [-0.1, -0.05) is 0 Å². The molecule has 0 bridgehead atoms. The molecule has 6 heteroatoms. The number of piperidine rings is 1. The third-order valence-corrected chi connectivity index (χ3v) is 3.05. The molecular weight excluding hydrogens is 260 g/mol. The molecule has 1 saturated heterocycles. The van der Waals surface area contributed by atoms with Gasteiger partial charge in [0.05, 0.1) is 12.5 Å². The molecule has 0 aromatic carbocycles. The summed E-state index contributed by atoms with van der Waals surface area (Å²) in [5.74, 6) is -0.177. The number of amides is 2. The van der Waals surface area contributed by atoms with Crippen molar-refractivity contribution in [2.45, 2.75) is 39.2 Å². The number of carbonyl (C=O) groups is 2. The van der Waals surface area contributed by atoms with Crippen LogP contribution in [0, 0.1) is 5.92 Å². The van der Waals surface area contributed by atoms with Crippen LogP contribution in [0.2, 0.25) is 0 Å². The van der Waals surface area contributed by atoms with Crippen molar-refractivity contribution in [3.05, 3.63) is 0 Å². The molecule has 0 radical (unpaired) electrons. The van der Waals surface area contributed by atoms with E-state index in [1.165, 1.54) is 0 Å². The van der Waals surface area contributed by atoms with Gasteiger partial charge in [-0.25, -0.2) is 4.79 Å². The zero-order valence-corrected chi connectivity index (χ0v) is 12.9. The molecule has 0 aromatic rings. The highest BCUT2D eigenvalue weighted by Gasteiger charge is 2.30. The molecule has 0 saturated carbocycles. The minimum Gasteiger partial charge on any atom is -0.444 e. The highest BCUT2D eigenvalue weighted by molar-refractivity contribution is 5.80. The van der Waals surface area contributed by atoms with E-state index in [-0.39, 0.29) is 17.9 Å². The average Bonchev–Trinajstić information content (AvgIpc) is 2.37. The minimum atomic E-state index is -0.509. The number of hydrogen-bond acceptors (Lipinski definition) is 4. The quantitative estimate of drug-likeness (QED) is 0.793. The Bertz CT molecular complexity index is 339. The summed E-state index contributed by atoms with van der Waals surface area (Å²) in [5.41, 5.74) is -0.509. The van der Waals surface area contributed by atoms with Gasteiger partial charge in [-0.2, -0.15) is 0 Å². The fourth-order valence-corrected chi connectivity index (χ4v) is 2.10. The third kappa shape index (κ3) is 5.77. The molecule has 1 fully saturated rings. The van der Waals surface area contributed by atoms with Crippen LogP contribution in [-0.4, -0.2) is 55.9 Å². The van der Waals surface area contributed by atoms with E-state index in [1.807, 2.05) is 20.8 Å². The van der Waals surface area contributed by atoms with Crippen LogP contribution in [0.3, 0.4) is 0 Å². The first-order chi connectivity index (χ1) is 9.33. The van der Waals surface area contributed by atoms with Gasteiger partial charge in [-0.05, 0) is 33.6 Å². The molecule has 1 heterocycles. The van der Waals surface area contributed by atoms with Gasteiger partial charge >= 0.3 is 6.09 Å². The second kappa shape index (κ2) is 7.47. The SMILES string of the molecule is COCCNC(=O)C1CCCN(C(=O)OC(C)(C)C)C1. The monoisotopic (exact) mass is 286 g/mol. The third-order valence-electron chi connectivity index (χ3n) is 3.05. The van der Waals surface area contributed by atoms with Gasteiger partial charge in [-0.15, -0.1) is 0 Å². The lowest BCUT2D eigenvalue weighted by Crippen LogP contribution is -2.47. The lowest BCUT2D eigenvalue weighted by Gasteiger charge is -2.33. The van der Waals surface area contributed by atoms with Crippen LogP contribution >= 0.6 is 0 Å². The number of likely N-dealkylation sites (tertiary alicyclic amines) is 1. The van der Waals surface area contributed by atoms with Crippen LogP contribution in [0.25, 0.3) is 0 Å². The molecule has 1 N–H and O–H groups in total. The average molecular weight is 286 g/mol. The Kier molecular flexibility index (Phi) is 6.26. The zero-order chi connectivity index (χ0) is 15.2. The van der Waals surface area contributed by atoms with Gasteiger partial charge in [0.25, 0.3) is 0 Å². The van der Waals surface area contributed by atoms with E-state index in [1.54, 1.807) is 12.0 Å². The topological polar surface area (TPSA) is 67.9 Å². The molecule has 1 atom stereocenters. The van der Waals surface area contributed by atoms with Crippen molar-refractivity contribution in [2.75, 3.05) is 33.4 Å². The first-order valence-corrected chi connectivity index (χ1v) is 7.08. The number of methoxy groups -OCH3 is 1. The molecule has 0 spiro atoms. The van der Waals surface area contributed by atoms with Crippen LogP contribution < -0.4 is 5.32 Å². The largest absolute Gasteiger partial charge is 0.444 e. The first-order valence-electron chi connectivity index (χ1n) is 7.08. The predicted molar refractivity (Wildman–Crippen MR) is 75.4 cm³/mol. The summed E-state index contributed by atoms with van der Waals surface area (Å²) >= 11 is 0. The van der Waals surface area contributed by atoms with Crippen molar-refractivity contribution in [3.8, 4) is 0 Å². The molecule has 1 rings (SSSR count). The van der Waals surface area contributed by atoms with Crippen LogP contribution in [0.5, 0.6) is 0 Å². The second-order valence-corrected chi connectivity index (χ2v) is 6.05. The highest BCUT2D eigenvalue weighted by atomic mass is 16.6. The molecule has 1 aliphatic heterocycles. The van der Waals surface area contributed by atoms with Gasteiger partial charge in [0.15, 0.2) is 0 Å². The smallest absolute Gasteiger partial charge is 0.410 e. The Hall–Kier alpha value is -1.30. The van der Waals surface area contributed by atoms with E-state index in [9.17, 15) is 9.59 Å². The summed E-state index contributed by atoms with van der Waals surface area (Å²) in [6.45, 7) is 7.58. The number of nitrogens with one attached hydrogen (secondary N) is 1. The second-order valence-electron chi connectivity index (χ2n) is 6.05. The van der Waals surface area contributed by atoms with E-state index in [0.29, 0.717) is 26.2 Å². The molecular formula is C14H26N2O4. The molecule has 0 aliphatic carbocycles. The summed E-state index contributed by atoms with van der Waals surface area (Å²) in [6.07, 6.45) is 1.28. The van der Waals surface area contributed by atoms with Crippen LogP contribution in [-0.2, 0) is 14.3 Å². The fraction of sp³-hybridized carbons (Fsp3) is 0.857. The lowest BCUT2D eigenvalue weighted by molar-refractivity contribution is -0.126. The van der Waals surface area contributed by atoms with Gasteiger partial charge in [0, 0.05) is 26.7 Å². The Morgan fingerprint density at radius 1 is 1.35 bits per heavy atom. The van der Waals surface area contributed by atoms with Gasteiger partial charge < -0.3 is 19.7 Å². The van der Waals surface area contributed by atoms with E-state index in [2.05, 4.69) is 5.32 Å². The molecule has 116 valence electrons. The van der Waals surface area contributed by atoms with Crippen molar-refractivity contribution in [1.82, 2.24) is 10.2 Å². The standard InChI is InChI=1S/C14H26N2O4/c1-14(2,3)20-13(18)16-8-5-6-11(10-16)12(17)15-7-9-19-4/h11H,5-10H2,1-4H3,(H,15,17). The highest BCUT2D eigenvalue weighted by Crippen LogP contribution is 2.19. The van der Waals surface area contributed by atoms with Crippen LogP contribution in [0.1, 0.15) is 33.6 Å². The fourth-order valence-electron chi connectivity index (χ4n) is 2.10. The van der Waals surface area contributed by atoms with E-state index in [0.717, 1.165) is 12.8 Å². The summed E-state index contributed by atoms with van der Waals surface area (Å²) in [5, 5.41) is 2.82. The van der Waals surface area contributed by atoms with Crippen molar-refractivity contribution >= 4 is 12.0 Å². The van der Waals surface area contributed by atoms with E-state index < -0.39 is 5.60 Å². The van der Waals surface area contributed by atoms with Gasteiger partial charge in [-0.3, -0.25) is 4.79 Å². The maximum atomic E-state index is 12.0. The summed E-state index contributed by atoms with van der Waals surface area (Å²) < 4.78 is 10.2. The molecule has 6 nitrogen and oxygen atoms in total. The summed E-state index contributed by atoms with van der Waals surface area (Å²) in [6, 6.07) is 0. The Morgan fingerprint density at radius 3 is 2.65 bits per heavy atom. The lowest BCUT2D eigenvalue weighted by atomic mass is 9.97. The number of carbonyl (C=O) groups excluding carboxylic acids is 2. The molecule has 1 unspecified atom stereocenters. The van der Waals surface area contributed by atoms with Crippen molar-refractivity contribution in [1.29, 1.82) is 0 Å². The Balaban J connectivity index is 2.45. The van der Waals surface area contributed by atoms with Crippen molar-refractivity contribution in [2.24, 2.45) is 5.92 Å². The normalized spacial score (nSPS) is 19.6. The number of nitrogens with zero attached hydrogens (tertiary/aromatic N) is 1. The van der Waals surface area contributed by atoms with Crippen molar-refractivity contribution < 1.29 is 19.1 Å². The van der Waals surface area contributed by atoms with Crippen molar-refractivity contribution in [3.63, 3.8) is 0 Å². The molecule has 20 heavy (non-hydrogen) atoms. The molecule has 0 aromatic heterocycles. The maximum Gasteiger partial charge on any atom is 0.410 e. The van der Waals surface area contributed by atoms with Gasteiger partial charge in [0.1, 0.15) is 5.60 Å². The van der Waals surface area contributed by atoms with Gasteiger partial charge in [0.2, 0.25) is 5.91 Å². The molecule has 2 amide bonds. The number of hydrogen-bond donors (Lipinski definition) is 1. The van der Waals surface area contributed by atoms with Crippen LogP contribution in [0.4, 0.5) is 4.79 Å². The summed E-state index contributed by atoms with van der Waals surface area (Å²) in [7, 11) is 1.59. The minimum absolute atomic E-state index is 0.0182. The number of ether oxygens (including phenoxy) is 2. The van der Waals surface area contributed by atoms with E-state index >= 15 is 0 Å². The summed E-state index contributed by atoms with van der Waals surface area (Å²) in [4.78, 5) is 25.6. The molecule has 1 aliphatic rings. The first kappa shape index (κ1) is 16.8. The zero-order valence-electron chi connectivity index (χ0n) is 12.9. The number of rotatable bonds is 4. The van der Waals surface area contributed by atoms with Crippen LogP contribution in [0.15, 0.2) is 0 Å². The predicted octanol–water partition coefficient (Wildman–Crippen LogP) is 1.40. The Morgan fingerprint density at radius 2 is 2.05 bits per heavy atom.